The van der Waals surface area contributed by atoms with Gasteiger partial charge in [-0.3, -0.25) is 4.79 Å². The molecule has 0 amide bonds. The van der Waals surface area contributed by atoms with Crippen molar-refractivity contribution in [2.45, 2.75) is 13.3 Å². The fraction of sp³-hybridized carbons (Fsp3) is 0.455. The van der Waals surface area contributed by atoms with Gasteiger partial charge in [0.1, 0.15) is 5.82 Å². The van der Waals surface area contributed by atoms with Crippen LogP contribution in [0.15, 0.2) is 16.7 Å². The van der Waals surface area contributed by atoms with Crippen molar-refractivity contribution in [3.8, 4) is 0 Å². The lowest BCUT2D eigenvalue weighted by atomic mass is 9.90. The molecule has 1 atom stereocenters. The van der Waals surface area contributed by atoms with Crippen LogP contribution in [-0.4, -0.2) is 29.1 Å². The first-order chi connectivity index (χ1) is 7.92. The van der Waals surface area contributed by atoms with Crippen molar-refractivity contribution in [1.82, 2.24) is 4.98 Å². The molecule has 1 aromatic heterocycles. The summed E-state index contributed by atoms with van der Waals surface area (Å²) in [5.41, 5.74) is -0.710. The van der Waals surface area contributed by atoms with E-state index in [1.165, 1.54) is 0 Å². The molecule has 1 saturated heterocycles. The van der Waals surface area contributed by atoms with Gasteiger partial charge < -0.3 is 10.0 Å². The van der Waals surface area contributed by atoms with E-state index in [4.69, 9.17) is 16.7 Å². The summed E-state index contributed by atoms with van der Waals surface area (Å²) < 4.78 is 0.812. The van der Waals surface area contributed by atoms with Gasteiger partial charge in [-0.15, -0.1) is 0 Å². The number of nitrogens with zero attached hydrogens (tertiary/aromatic N) is 2. The van der Waals surface area contributed by atoms with Gasteiger partial charge in [0.15, 0.2) is 0 Å². The van der Waals surface area contributed by atoms with E-state index >= 15 is 0 Å². The highest BCUT2D eigenvalue weighted by Gasteiger charge is 2.41. The minimum Gasteiger partial charge on any atom is -0.481 e. The molecular formula is C11H12BrClN2O2. The first kappa shape index (κ1) is 12.6. The van der Waals surface area contributed by atoms with Crippen molar-refractivity contribution in [3.05, 3.63) is 21.8 Å². The minimum absolute atomic E-state index is 0.441. The largest absolute Gasteiger partial charge is 0.481 e. The number of hydrogen-bond acceptors (Lipinski definition) is 3. The summed E-state index contributed by atoms with van der Waals surface area (Å²) >= 11 is 9.39. The van der Waals surface area contributed by atoms with Gasteiger partial charge in [0.2, 0.25) is 0 Å². The standard InChI is InChI=1S/C11H12BrClN2O2/c1-11(10(16)17)2-3-15(6-11)9-8(13)4-7(12)5-14-9/h4-5H,2-3,6H2,1H3,(H,16,17). The normalized spacial score (nSPS) is 24.1. The van der Waals surface area contributed by atoms with E-state index in [1.807, 2.05) is 4.90 Å². The molecule has 1 N–H and O–H groups in total. The van der Waals surface area contributed by atoms with Crippen LogP contribution in [0.2, 0.25) is 5.02 Å². The molecule has 0 spiro atoms. The Morgan fingerprint density at radius 2 is 2.41 bits per heavy atom. The number of anilines is 1. The average Bonchev–Trinajstić information content (AvgIpc) is 2.62. The highest BCUT2D eigenvalue weighted by molar-refractivity contribution is 9.10. The Bertz CT molecular complexity index is 469. The van der Waals surface area contributed by atoms with Crippen molar-refractivity contribution in [2.75, 3.05) is 18.0 Å². The lowest BCUT2D eigenvalue weighted by molar-refractivity contribution is -0.146. The van der Waals surface area contributed by atoms with E-state index in [0.29, 0.717) is 30.4 Å². The van der Waals surface area contributed by atoms with Crippen LogP contribution in [0.3, 0.4) is 0 Å². The van der Waals surface area contributed by atoms with Crippen LogP contribution < -0.4 is 4.90 Å². The number of aromatic nitrogens is 1. The molecule has 0 radical (unpaired) electrons. The Balaban J connectivity index is 2.24. The zero-order valence-corrected chi connectivity index (χ0v) is 11.6. The maximum Gasteiger partial charge on any atom is 0.311 e. The predicted octanol–water partition coefficient (Wildman–Crippen LogP) is 2.80. The summed E-state index contributed by atoms with van der Waals surface area (Å²) in [7, 11) is 0. The van der Waals surface area contributed by atoms with Gasteiger partial charge in [0.05, 0.1) is 10.4 Å². The second-order valence-corrected chi connectivity index (χ2v) is 5.82. The maximum atomic E-state index is 11.2. The molecule has 2 rings (SSSR count). The summed E-state index contributed by atoms with van der Waals surface area (Å²) in [4.78, 5) is 17.3. The molecule has 4 nitrogen and oxygen atoms in total. The molecule has 1 aromatic rings. The summed E-state index contributed by atoms with van der Waals surface area (Å²) in [5, 5.41) is 9.70. The second-order valence-electron chi connectivity index (χ2n) is 4.50. The first-order valence-electron chi connectivity index (χ1n) is 5.22. The third kappa shape index (κ3) is 2.40. The lowest BCUT2D eigenvalue weighted by Crippen LogP contribution is -2.32. The fourth-order valence-electron chi connectivity index (χ4n) is 1.96. The molecule has 17 heavy (non-hydrogen) atoms. The third-order valence-corrected chi connectivity index (χ3v) is 3.79. The van der Waals surface area contributed by atoms with Crippen molar-refractivity contribution >= 4 is 39.3 Å². The Kier molecular flexibility index (Phi) is 3.32. The molecule has 1 aliphatic heterocycles. The fourth-order valence-corrected chi connectivity index (χ4v) is 2.71. The minimum atomic E-state index is -0.770. The van der Waals surface area contributed by atoms with Crippen LogP contribution in [0.1, 0.15) is 13.3 Å². The van der Waals surface area contributed by atoms with Gasteiger partial charge in [0.25, 0.3) is 0 Å². The van der Waals surface area contributed by atoms with Gasteiger partial charge in [-0.2, -0.15) is 0 Å². The van der Waals surface area contributed by atoms with Gasteiger partial charge in [-0.25, -0.2) is 4.98 Å². The summed E-state index contributed by atoms with van der Waals surface area (Å²) in [6.07, 6.45) is 2.27. The van der Waals surface area contributed by atoms with Crippen molar-refractivity contribution in [2.24, 2.45) is 5.41 Å². The molecule has 0 saturated carbocycles. The SMILES string of the molecule is CC1(C(=O)O)CCN(c2ncc(Br)cc2Cl)C1. The van der Waals surface area contributed by atoms with Crippen molar-refractivity contribution in [3.63, 3.8) is 0 Å². The number of carboxylic acid groups (broad SMARTS) is 1. The molecule has 92 valence electrons. The summed E-state index contributed by atoms with van der Waals surface area (Å²) in [6.45, 7) is 2.86. The predicted molar refractivity (Wildman–Crippen MR) is 69.5 cm³/mol. The molecule has 6 heteroatoms. The van der Waals surface area contributed by atoms with Crippen molar-refractivity contribution < 1.29 is 9.90 Å². The topological polar surface area (TPSA) is 53.4 Å². The van der Waals surface area contributed by atoms with E-state index in [1.54, 1.807) is 19.2 Å². The summed E-state index contributed by atoms with van der Waals surface area (Å²) in [5.74, 6) is -0.118. The number of carbonyl (C=O) groups is 1. The monoisotopic (exact) mass is 318 g/mol. The van der Waals surface area contributed by atoms with Crippen LogP contribution in [0, 0.1) is 5.41 Å². The summed E-state index contributed by atoms with van der Waals surface area (Å²) in [6, 6.07) is 1.76. The van der Waals surface area contributed by atoms with Gasteiger partial charge in [0, 0.05) is 23.8 Å². The molecular weight excluding hydrogens is 307 g/mol. The Morgan fingerprint density at radius 3 is 2.94 bits per heavy atom. The van der Waals surface area contributed by atoms with E-state index in [9.17, 15) is 4.79 Å². The smallest absolute Gasteiger partial charge is 0.311 e. The zero-order valence-electron chi connectivity index (χ0n) is 9.28. The molecule has 2 heterocycles. The van der Waals surface area contributed by atoms with Crippen LogP contribution in [0.5, 0.6) is 0 Å². The quantitative estimate of drug-likeness (QED) is 0.911. The Morgan fingerprint density at radius 1 is 1.71 bits per heavy atom. The molecule has 1 fully saturated rings. The number of rotatable bonds is 2. The van der Waals surface area contributed by atoms with Gasteiger partial charge in [-0.05, 0) is 35.3 Å². The number of halogens is 2. The Hall–Kier alpha value is -0.810. The number of carboxylic acids is 1. The third-order valence-electron chi connectivity index (χ3n) is 3.08. The van der Waals surface area contributed by atoms with E-state index in [0.717, 1.165) is 4.47 Å². The molecule has 0 bridgehead atoms. The number of aliphatic carboxylic acids is 1. The van der Waals surface area contributed by atoms with E-state index < -0.39 is 11.4 Å². The average molecular weight is 320 g/mol. The zero-order chi connectivity index (χ0) is 12.6. The molecule has 1 aliphatic rings. The van der Waals surface area contributed by atoms with Gasteiger partial charge >= 0.3 is 5.97 Å². The number of pyridine rings is 1. The highest BCUT2D eigenvalue weighted by atomic mass is 79.9. The van der Waals surface area contributed by atoms with Crippen molar-refractivity contribution in [1.29, 1.82) is 0 Å². The highest BCUT2D eigenvalue weighted by Crippen LogP contribution is 2.35. The van der Waals surface area contributed by atoms with Crippen LogP contribution in [0.4, 0.5) is 5.82 Å². The first-order valence-corrected chi connectivity index (χ1v) is 6.39. The Labute approximate surface area is 113 Å². The van der Waals surface area contributed by atoms with E-state index in [-0.39, 0.29) is 0 Å². The van der Waals surface area contributed by atoms with E-state index in [2.05, 4.69) is 20.9 Å². The lowest BCUT2D eigenvalue weighted by Gasteiger charge is -2.21. The maximum absolute atomic E-state index is 11.2. The van der Waals surface area contributed by atoms with Gasteiger partial charge in [-0.1, -0.05) is 11.6 Å². The van der Waals surface area contributed by atoms with Crippen LogP contribution in [0.25, 0.3) is 0 Å². The molecule has 0 aromatic carbocycles. The van der Waals surface area contributed by atoms with Crippen LogP contribution in [-0.2, 0) is 4.79 Å². The molecule has 1 unspecified atom stereocenters. The van der Waals surface area contributed by atoms with Crippen LogP contribution >= 0.6 is 27.5 Å². The number of hydrogen-bond donors (Lipinski definition) is 1. The second kappa shape index (κ2) is 4.46. The molecule has 0 aliphatic carbocycles.